The molecular formula is C13H23NO4. The molecule has 5 nitrogen and oxygen atoms in total. The zero-order valence-corrected chi connectivity index (χ0v) is 11.0. The van der Waals surface area contributed by atoms with Crippen molar-refractivity contribution in [1.29, 1.82) is 0 Å². The van der Waals surface area contributed by atoms with Gasteiger partial charge in [0.2, 0.25) is 5.91 Å². The highest BCUT2D eigenvalue weighted by molar-refractivity contribution is 5.81. The molecule has 1 aliphatic carbocycles. The molecule has 1 rings (SSSR count). The number of carbonyl (C=O) groups excluding carboxylic acids is 2. The van der Waals surface area contributed by atoms with E-state index in [1.807, 2.05) is 0 Å². The Morgan fingerprint density at radius 3 is 2.67 bits per heavy atom. The topological polar surface area (TPSA) is 75.6 Å². The van der Waals surface area contributed by atoms with Gasteiger partial charge in [0.1, 0.15) is 0 Å². The van der Waals surface area contributed by atoms with E-state index < -0.39 is 0 Å². The molecule has 2 atom stereocenters. The van der Waals surface area contributed by atoms with Crippen molar-refractivity contribution in [1.82, 2.24) is 5.32 Å². The number of aliphatic hydroxyl groups is 1. The molecule has 2 N–H and O–H groups in total. The Kier molecular flexibility index (Phi) is 6.72. The number of esters is 1. The van der Waals surface area contributed by atoms with Crippen LogP contribution in [0.2, 0.25) is 0 Å². The lowest BCUT2D eigenvalue weighted by atomic mass is 9.86. The van der Waals surface area contributed by atoms with Crippen LogP contribution in [0.25, 0.3) is 0 Å². The van der Waals surface area contributed by atoms with Crippen LogP contribution in [0.4, 0.5) is 0 Å². The van der Waals surface area contributed by atoms with Crippen molar-refractivity contribution in [2.45, 2.75) is 51.6 Å². The van der Waals surface area contributed by atoms with E-state index >= 15 is 0 Å². The van der Waals surface area contributed by atoms with Crippen molar-refractivity contribution >= 4 is 11.9 Å². The predicted molar refractivity (Wildman–Crippen MR) is 66.8 cm³/mol. The lowest BCUT2D eigenvalue weighted by Crippen LogP contribution is -2.36. The van der Waals surface area contributed by atoms with E-state index in [9.17, 15) is 14.7 Å². The molecule has 1 amide bonds. The van der Waals surface area contributed by atoms with Crippen molar-refractivity contribution in [3.8, 4) is 0 Å². The molecule has 1 saturated carbocycles. The summed E-state index contributed by atoms with van der Waals surface area (Å²) in [5, 5.41) is 12.5. The molecule has 0 aromatic rings. The van der Waals surface area contributed by atoms with E-state index in [-0.39, 0.29) is 36.7 Å². The van der Waals surface area contributed by atoms with Gasteiger partial charge >= 0.3 is 5.97 Å². The van der Waals surface area contributed by atoms with Crippen molar-refractivity contribution in [2.75, 3.05) is 13.2 Å². The van der Waals surface area contributed by atoms with Crippen LogP contribution in [0.15, 0.2) is 0 Å². The Labute approximate surface area is 108 Å². The van der Waals surface area contributed by atoms with Crippen LogP contribution >= 0.6 is 0 Å². The van der Waals surface area contributed by atoms with Gasteiger partial charge in [-0.1, -0.05) is 12.8 Å². The second-order valence-electron chi connectivity index (χ2n) is 4.72. The second-order valence-corrected chi connectivity index (χ2v) is 4.72. The van der Waals surface area contributed by atoms with Gasteiger partial charge in [0.25, 0.3) is 0 Å². The minimum atomic E-state index is -0.342. The van der Waals surface area contributed by atoms with Crippen LogP contribution in [0.5, 0.6) is 0 Å². The Bertz CT molecular complexity index is 280. The number of rotatable bonds is 6. The lowest BCUT2D eigenvalue weighted by molar-refractivity contribution is -0.144. The van der Waals surface area contributed by atoms with Crippen LogP contribution in [-0.4, -0.2) is 36.2 Å². The molecule has 2 unspecified atom stereocenters. The minimum Gasteiger partial charge on any atom is -0.466 e. The third kappa shape index (κ3) is 5.49. The highest BCUT2D eigenvalue weighted by Crippen LogP contribution is 2.23. The smallest absolute Gasteiger partial charge is 0.306 e. The molecule has 0 radical (unpaired) electrons. The molecule has 0 saturated heterocycles. The maximum Gasteiger partial charge on any atom is 0.306 e. The highest BCUT2D eigenvalue weighted by atomic mass is 16.5. The number of aliphatic hydroxyl groups excluding tert-OH is 1. The Morgan fingerprint density at radius 2 is 2.00 bits per heavy atom. The number of hydrogen-bond acceptors (Lipinski definition) is 4. The average Bonchev–Trinajstić information content (AvgIpc) is 2.36. The van der Waals surface area contributed by atoms with Crippen LogP contribution in [-0.2, 0) is 14.3 Å². The molecule has 5 heteroatoms. The van der Waals surface area contributed by atoms with Gasteiger partial charge in [0, 0.05) is 18.9 Å². The molecule has 1 fully saturated rings. The first-order chi connectivity index (χ1) is 8.63. The molecule has 0 heterocycles. The van der Waals surface area contributed by atoms with Crippen molar-refractivity contribution in [3.05, 3.63) is 0 Å². The molecule has 0 aromatic carbocycles. The van der Waals surface area contributed by atoms with Crippen molar-refractivity contribution in [2.24, 2.45) is 5.92 Å². The van der Waals surface area contributed by atoms with Crippen molar-refractivity contribution < 1.29 is 19.4 Å². The lowest BCUT2D eigenvalue weighted by Gasteiger charge is -2.27. The van der Waals surface area contributed by atoms with Gasteiger partial charge in [-0.3, -0.25) is 9.59 Å². The molecule has 0 bridgehead atoms. The molecule has 1 aliphatic rings. The summed E-state index contributed by atoms with van der Waals surface area (Å²) >= 11 is 0. The zero-order chi connectivity index (χ0) is 13.4. The number of amides is 1. The van der Waals surface area contributed by atoms with E-state index in [0.29, 0.717) is 13.2 Å². The van der Waals surface area contributed by atoms with Gasteiger partial charge in [0.05, 0.1) is 19.1 Å². The first kappa shape index (κ1) is 15.0. The van der Waals surface area contributed by atoms with E-state index in [2.05, 4.69) is 5.32 Å². The Hall–Kier alpha value is -1.10. The number of ether oxygens (including phenoxy) is 1. The molecular weight excluding hydrogens is 234 g/mol. The zero-order valence-electron chi connectivity index (χ0n) is 11.0. The van der Waals surface area contributed by atoms with Crippen LogP contribution in [0.3, 0.4) is 0 Å². The summed E-state index contributed by atoms with van der Waals surface area (Å²) < 4.78 is 4.74. The van der Waals surface area contributed by atoms with E-state index in [0.717, 1.165) is 25.7 Å². The van der Waals surface area contributed by atoms with Gasteiger partial charge < -0.3 is 15.2 Å². The van der Waals surface area contributed by atoms with Crippen LogP contribution in [0.1, 0.15) is 45.4 Å². The molecule has 18 heavy (non-hydrogen) atoms. The molecule has 0 aromatic heterocycles. The first-order valence-corrected chi connectivity index (χ1v) is 6.74. The van der Waals surface area contributed by atoms with Crippen LogP contribution in [0, 0.1) is 5.92 Å². The number of nitrogens with one attached hydrogen (secondary N) is 1. The summed E-state index contributed by atoms with van der Waals surface area (Å²) in [6.07, 6.45) is 3.93. The van der Waals surface area contributed by atoms with E-state index in [1.165, 1.54) is 0 Å². The molecule has 0 spiro atoms. The third-order valence-electron chi connectivity index (χ3n) is 3.29. The Morgan fingerprint density at radius 1 is 1.28 bits per heavy atom. The minimum absolute atomic E-state index is 0.118. The second kappa shape index (κ2) is 8.08. The summed E-state index contributed by atoms with van der Waals surface area (Å²) in [7, 11) is 0. The summed E-state index contributed by atoms with van der Waals surface area (Å²) in [5.74, 6) is -0.337. The van der Waals surface area contributed by atoms with Crippen LogP contribution < -0.4 is 5.32 Å². The monoisotopic (exact) mass is 257 g/mol. The summed E-state index contributed by atoms with van der Waals surface area (Å²) in [5.41, 5.74) is 0. The fourth-order valence-corrected chi connectivity index (χ4v) is 2.21. The maximum atomic E-state index is 11.5. The molecule has 0 aliphatic heterocycles. The maximum absolute atomic E-state index is 11.5. The first-order valence-electron chi connectivity index (χ1n) is 6.74. The third-order valence-corrected chi connectivity index (χ3v) is 3.29. The van der Waals surface area contributed by atoms with Gasteiger partial charge in [-0.05, 0) is 19.8 Å². The fourth-order valence-electron chi connectivity index (χ4n) is 2.21. The fraction of sp³-hybridized carbons (Fsp3) is 0.846. The quantitative estimate of drug-likeness (QED) is 0.696. The average molecular weight is 257 g/mol. The highest BCUT2D eigenvalue weighted by Gasteiger charge is 2.23. The van der Waals surface area contributed by atoms with Gasteiger partial charge in [0.15, 0.2) is 0 Å². The number of hydrogen-bond donors (Lipinski definition) is 2. The molecule has 104 valence electrons. The van der Waals surface area contributed by atoms with E-state index in [1.54, 1.807) is 6.92 Å². The van der Waals surface area contributed by atoms with Gasteiger partial charge in [-0.15, -0.1) is 0 Å². The van der Waals surface area contributed by atoms with Crippen molar-refractivity contribution in [3.63, 3.8) is 0 Å². The SMILES string of the molecule is CCOC(=O)CCC(=O)NCC1CCCCC1O. The predicted octanol–water partition coefficient (Wildman–Crippen LogP) is 0.997. The number of carbonyl (C=O) groups is 2. The largest absolute Gasteiger partial charge is 0.466 e. The summed E-state index contributed by atoms with van der Waals surface area (Å²) in [6.45, 7) is 2.58. The Balaban J connectivity index is 2.14. The standard InChI is InChI=1S/C13H23NO4/c1-2-18-13(17)8-7-12(16)14-9-10-5-3-4-6-11(10)15/h10-11,15H,2-9H2,1H3,(H,14,16). The van der Waals surface area contributed by atoms with E-state index in [4.69, 9.17) is 4.74 Å². The van der Waals surface area contributed by atoms with Gasteiger partial charge in [-0.25, -0.2) is 0 Å². The summed E-state index contributed by atoms with van der Waals surface area (Å²) in [6, 6.07) is 0. The normalized spacial score (nSPS) is 23.4. The summed E-state index contributed by atoms with van der Waals surface area (Å²) in [4.78, 5) is 22.6. The van der Waals surface area contributed by atoms with Gasteiger partial charge in [-0.2, -0.15) is 0 Å².